The van der Waals surface area contributed by atoms with Crippen LogP contribution in [0.1, 0.15) is 43.0 Å². The Morgan fingerprint density at radius 2 is 1.57 bits per heavy atom. The molecule has 1 heteroatoms. The summed E-state index contributed by atoms with van der Waals surface area (Å²) in [6.07, 6.45) is 2.97. The van der Waals surface area contributed by atoms with E-state index >= 15 is 0 Å². The van der Waals surface area contributed by atoms with Crippen molar-refractivity contribution in [2.75, 3.05) is 0 Å². The molecule has 0 spiro atoms. The smallest absolute Gasteiger partial charge is 0.121 e. The second-order valence-corrected chi connectivity index (χ2v) is 3.71. The lowest BCUT2D eigenvalue weighted by Gasteiger charge is -2.14. The molecule has 0 amide bonds. The first-order valence-electron chi connectivity index (χ1n) is 5.48. The largest absolute Gasteiger partial charge is 0.507 e. The van der Waals surface area contributed by atoms with Crippen LogP contribution in [0.2, 0.25) is 0 Å². The zero-order valence-electron chi connectivity index (χ0n) is 9.65. The molecule has 1 rings (SSSR count). The first-order valence-corrected chi connectivity index (χ1v) is 5.48. The minimum Gasteiger partial charge on any atom is -0.507 e. The van der Waals surface area contributed by atoms with Crippen molar-refractivity contribution in [2.45, 2.75) is 47.0 Å². The highest BCUT2D eigenvalue weighted by Gasteiger charge is 2.10. The van der Waals surface area contributed by atoms with Crippen molar-refractivity contribution in [3.05, 3.63) is 28.3 Å². The summed E-state index contributed by atoms with van der Waals surface area (Å²) in [6.45, 7) is 8.42. The maximum Gasteiger partial charge on any atom is 0.121 e. The molecule has 0 aliphatic heterocycles. The Morgan fingerprint density at radius 3 is 2.00 bits per heavy atom. The molecule has 1 N–H and O–H groups in total. The standard InChI is InChI=1S/C13H20O/c1-5-10-8-11(6-2)13(14)9(4)12(10)7-3/h8,14H,5-7H2,1-4H3. The third-order valence-electron chi connectivity index (χ3n) is 2.96. The molecule has 1 nitrogen and oxygen atoms in total. The van der Waals surface area contributed by atoms with Gasteiger partial charge in [-0.05, 0) is 48.4 Å². The number of hydrogen-bond acceptors (Lipinski definition) is 1. The van der Waals surface area contributed by atoms with E-state index in [0.29, 0.717) is 5.75 Å². The zero-order chi connectivity index (χ0) is 10.7. The van der Waals surface area contributed by atoms with E-state index in [2.05, 4.69) is 26.8 Å². The van der Waals surface area contributed by atoms with Crippen LogP contribution in [0.4, 0.5) is 0 Å². The molecule has 0 saturated carbocycles. The van der Waals surface area contributed by atoms with Crippen LogP contribution in [0.15, 0.2) is 6.07 Å². The molecule has 0 aromatic heterocycles. The van der Waals surface area contributed by atoms with Gasteiger partial charge in [-0.1, -0.05) is 26.8 Å². The molecule has 0 unspecified atom stereocenters. The Labute approximate surface area is 86.8 Å². The SMILES string of the molecule is CCc1cc(CC)c(CC)c(C)c1O. The van der Waals surface area contributed by atoms with E-state index < -0.39 is 0 Å². The third kappa shape index (κ3) is 1.77. The fraction of sp³-hybridized carbons (Fsp3) is 0.538. The van der Waals surface area contributed by atoms with Gasteiger partial charge in [0.2, 0.25) is 0 Å². The van der Waals surface area contributed by atoms with Crippen molar-refractivity contribution in [1.82, 2.24) is 0 Å². The molecule has 78 valence electrons. The predicted octanol–water partition coefficient (Wildman–Crippen LogP) is 3.39. The Bertz CT molecular complexity index is 326. The van der Waals surface area contributed by atoms with Gasteiger partial charge in [-0.25, -0.2) is 0 Å². The van der Waals surface area contributed by atoms with Gasteiger partial charge >= 0.3 is 0 Å². The molecule has 0 heterocycles. The first kappa shape index (κ1) is 11.1. The highest BCUT2D eigenvalue weighted by Crippen LogP contribution is 2.29. The molecular weight excluding hydrogens is 172 g/mol. The van der Waals surface area contributed by atoms with Crippen LogP contribution >= 0.6 is 0 Å². The third-order valence-corrected chi connectivity index (χ3v) is 2.96. The Morgan fingerprint density at radius 1 is 1.00 bits per heavy atom. The topological polar surface area (TPSA) is 20.2 Å². The van der Waals surface area contributed by atoms with Crippen molar-refractivity contribution in [1.29, 1.82) is 0 Å². The van der Waals surface area contributed by atoms with Crippen molar-refractivity contribution in [2.24, 2.45) is 0 Å². The Kier molecular flexibility index (Phi) is 3.56. The monoisotopic (exact) mass is 192 g/mol. The van der Waals surface area contributed by atoms with Crippen LogP contribution in [0, 0.1) is 6.92 Å². The van der Waals surface area contributed by atoms with E-state index in [1.807, 2.05) is 6.92 Å². The van der Waals surface area contributed by atoms with Gasteiger partial charge in [0.1, 0.15) is 5.75 Å². The summed E-state index contributed by atoms with van der Waals surface area (Å²) < 4.78 is 0. The van der Waals surface area contributed by atoms with E-state index in [4.69, 9.17) is 0 Å². The van der Waals surface area contributed by atoms with Crippen LogP contribution in [-0.4, -0.2) is 5.11 Å². The lowest BCUT2D eigenvalue weighted by molar-refractivity contribution is 0.463. The highest BCUT2D eigenvalue weighted by atomic mass is 16.3. The summed E-state index contributed by atoms with van der Waals surface area (Å²) >= 11 is 0. The first-order chi connectivity index (χ1) is 6.65. The lowest BCUT2D eigenvalue weighted by Crippen LogP contribution is -1.98. The molecule has 0 radical (unpaired) electrons. The molecule has 0 bridgehead atoms. The van der Waals surface area contributed by atoms with E-state index in [1.165, 1.54) is 11.1 Å². The maximum atomic E-state index is 9.93. The minimum absolute atomic E-state index is 0.501. The van der Waals surface area contributed by atoms with Gasteiger partial charge in [-0.3, -0.25) is 0 Å². The maximum absolute atomic E-state index is 9.93. The van der Waals surface area contributed by atoms with Gasteiger partial charge in [0, 0.05) is 0 Å². The highest BCUT2D eigenvalue weighted by molar-refractivity contribution is 5.49. The Hall–Kier alpha value is -0.980. The van der Waals surface area contributed by atoms with Crippen LogP contribution < -0.4 is 0 Å². The average Bonchev–Trinajstić information content (AvgIpc) is 2.21. The number of hydrogen-bond donors (Lipinski definition) is 1. The normalized spacial score (nSPS) is 10.6. The lowest BCUT2D eigenvalue weighted by atomic mass is 9.93. The molecule has 0 aliphatic rings. The van der Waals surface area contributed by atoms with E-state index in [1.54, 1.807) is 0 Å². The fourth-order valence-corrected chi connectivity index (χ4v) is 2.07. The molecular formula is C13H20O. The van der Waals surface area contributed by atoms with Crippen molar-refractivity contribution >= 4 is 0 Å². The summed E-state index contributed by atoms with van der Waals surface area (Å²) in [5.41, 5.74) is 4.86. The average molecular weight is 192 g/mol. The fourth-order valence-electron chi connectivity index (χ4n) is 2.07. The van der Waals surface area contributed by atoms with Crippen molar-refractivity contribution in [3.8, 4) is 5.75 Å². The number of rotatable bonds is 3. The summed E-state index contributed by atoms with van der Waals surface area (Å²) in [4.78, 5) is 0. The zero-order valence-corrected chi connectivity index (χ0v) is 9.65. The molecule has 0 atom stereocenters. The van der Waals surface area contributed by atoms with Crippen LogP contribution in [0.25, 0.3) is 0 Å². The second-order valence-electron chi connectivity index (χ2n) is 3.71. The summed E-state index contributed by atoms with van der Waals surface area (Å²) in [5, 5.41) is 9.93. The van der Waals surface area contributed by atoms with Gasteiger partial charge in [0.05, 0.1) is 0 Å². The van der Waals surface area contributed by atoms with Crippen LogP contribution in [0.3, 0.4) is 0 Å². The minimum atomic E-state index is 0.501. The summed E-state index contributed by atoms with van der Waals surface area (Å²) in [6, 6.07) is 2.15. The number of phenolic OH excluding ortho intramolecular Hbond substituents is 1. The summed E-state index contributed by atoms with van der Waals surface area (Å²) in [5.74, 6) is 0.501. The molecule has 14 heavy (non-hydrogen) atoms. The van der Waals surface area contributed by atoms with Crippen molar-refractivity contribution in [3.63, 3.8) is 0 Å². The number of benzene rings is 1. The Balaban J connectivity index is 3.38. The molecule has 0 aliphatic carbocycles. The molecule has 1 aromatic rings. The second kappa shape index (κ2) is 4.50. The summed E-state index contributed by atoms with van der Waals surface area (Å²) in [7, 11) is 0. The van der Waals surface area contributed by atoms with Crippen molar-refractivity contribution < 1.29 is 5.11 Å². The van der Waals surface area contributed by atoms with Gasteiger partial charge in [-0.15, -0.1) is 0 Å². The van der Waals surface area contributed by atoms with Gasteiger partial charge in [0.15, 0.2) is 0 Å². The predicted molar refractivity (Wildman–Crippen MR) is 61.0 cm³/mol. The number of phenols is 1. The van der Waals surface area contributed by atoms with Crippen LogP contribution in [0.5, 0.6) is 5.75 Å². The number of aryl methyl sites for hydroxylation is 2. The molecule has 0 fully saturated rings. The molecule has 0 saturated heterocycles. The van der Waals surface area contributed by atoms with E-state index in [-0.39, 0.29) is 0 Å². The van der Waals surface area contributed by atoms with E-state index in [0.717, 1.165) is 30.4 Å². The van der Waals surface area contributed by atoms with Crippen LogP contribution in [-0.2, 0) is 19.3 Å². The van der Waals surface area contributed by atoms with Gasteiger partial charge in [-0.2, -0.15) is 0 Å². The quantitative estimate of drug-likeness (QED) is 0.778. The van der Waals surface area contributed by atoms with Gasteiger partial charge in [0.25, 0.3) is 0 Å². The molecule has 1 aromatic carbocycles. The van der Waals surface area contributed by atoms with E-state index in [9.17, 15) is 5.11 Å². The number of aromatic hydroxyl groups is 1. The van der Waals surface area contributed by atoms with Gasteiger partial charge < -0.3 is 5.11 Å².